The quantitative estimate of drug-likeness (QED) is 0.692. The molecule has 4 rings (SSSR count). The Morgan fingerprint density at radius 3 is 2.54 bits per heavy atom. The fourth-order valence-corrected chi connectivity index (χ4v) is 3.22. The highest BCUT2D eigenvalue weighted by molar-refractivity contribution is 7.98. The van der Waals surface area contributed by atoms with Crippen molar-refractivity contribution in [1.82, 2.24) is 14.8 Å². The number of halogens is 1. The van der Waals surface area contributed by atoms with Gasteiger partial charge in [-0.05, 0) is 35.6 Å². The third kappa shape index (κ3) is 2.81. The predicted molar refractivity (Wildman–Crippen MR) is 99.4 cm³/mol. The summed E-state index contributed by atoms with van der Waals surface area (Å²) in [6.45, 7) is 0. The Morgan fingerprint density at radius 2 is 1.83 bits per heavy atom. The SMILES string of the molecule is CSc1nc2n(n1)C(c1ccc(Cl)cc1)C=C(c1ccccc1)N2. The number of hydrogen-bond donors (Lipinski definition) is 1. The van der Waals surface area contributed by atoms with Crippen molar-refractivity contribution >= 4 is 35.0 Å². The van der Waals surface area contributed by atoms with E-state index in [4.69, 9.17) is 11.6 Å². The Labute approximate surface area is 149 Å². The van der Waals surface area contributed by atoms with Gasteiger partial charge in [-0.15, -0.1) is 5.10 Å². The van der Waals surface area contributed by atoms with Gasteiger partial charge in [-0.3, -0.25) is 0 Å². The molecule has 6 heteroatoms. The Balaban J connectivity index is 1.83. The van der Waals surface area contributed by atoms with Crippen LogP contribution in [0.25, 0.3) is 5.70 Å². The van der Waals surface area contributed by atoms with Gasteiger partial charge in [0.25, 0.3) is 0 Å². The van der Waals surface area contributed by atoms with Gasteiger partial charge in [-0.2, -0.15) is 4.98 Å². The molecule has 0 radical (unpaired) electrons. The molecule has 0 bridgehead atoms. The Morgan fingerprint density at radius 1 is 1.08 bits per heavy atom. The monoisotopic (exact) mass is 354 g/mol. The van der Waals surface area contributed by atoms with Crippen LogP contribution < -0.4 is 5.32 Å². The minimum Gasteiger partial charge on any atom is -0.324 e. The summed E-state index contributed by atoms with van der Waals surface area (Å²) >= 11 is 7.57. The third-order valence-electron chi connectivity index (χ3n) is 3.93. The van der Waals surface area contributed by atoms with Gasteiger partial charge in [-0.1, -0.05) is 65.8 Å². The summed E-state index contributed by atoms with van der Waals surface area (Å²) in [5, 5.41) is 9.47. The number of allylic oxidation sites excluding steroid dienone is 1. The maximum absolute atomic E-state index is 6.04. The van der Waals surface area contributed by atoms with E-state index in [1.807, 2.05) is 53.4 Å². The predicted octanol–water partition coefficient (Wildman–Crippen LogP) is 4.71. The molecule has 1 unspecified atom stereocenters. The van der Waals surface area contributed by atoms with Crippen LogP contribution in [0, 0.1) is 0 Å². The van der Waals surface area contributed by atoms with Gasteiger partial charge in [0.05, 0.1) is 0 Å². The Bertz CT molecular complexity index is 887. The lowest BCUT2D eigenvalue weighted by Gasteiger charge is -2.24. The molecule has 0 fully saturated rings. The second-order valence-electron chi connectivity index (χ2n) is 5.43. The number of nitrogens with zero attached hydrogens (tertiary/aromatic N) is 3. The lowest BCUT2D eigenvalue weighted by atomic mass is 10.0. The first-order valence-electron chi connectivity index (χ1n) is 7.55. The number of anilines is 1. The highest BCUT2D eigenvalue weighted by Crippen LogP contribution is 2.33. The van der Waals surface area contributed by atoms with E-state index in [9.17, 15) is 0 Å². The number of aromatic nitrogens is 3. The molecule has 0 saturated carbocycles. The molecule has 1 aliphatic rings. The van der Waals surface area contributed by atoms with Crippen LogP contribution in [-0.2, 0) is 0 Å². The number of hydrogen-bond acceptors (Lipinski definition) is 4. The summed E-state index contributed by atoms with van der Waals surface area (Å²) in [5.41, 5.74) is 3.27. The highest BCUT2D eigenvalue weighted by Gasteiger charge is 2.25. The third-order valence-corrected chi connectivity index (χ3v) is 4.72. The van der Waals surface area contributed by atoms with Crippen molar-refractivity contribution < 1.29 is 0 Å². The van der Waals surface area contributed by atoms with Gasteiger partial charge in [0, 0.05) is 10.7 Å². The van der Waals surface area contributed by atoms with Crippen LogP contribution >= 0.6 is 23.4 Å². The first-order chi connectivity index (χ1) is 11.7. The lowest BCUT2D eigenvalue weighted by Crippen LogP contribution is -2.20. The molecule has 1 N–H and O–H groups in total. The smallest absolute Gasteiger partial charge is 0.227 e. The van der Waals surface area contributed by atoms with Gasteiger partial charge in [0.2, 0.25) is 11.1 Å². The Hall–Kier alpha value is -2.24. The molecular formula is C18H15ClN4S. The van der Waals surface area contributed by atoms with Crippen molar-refractivity contribution in [3.05, 3.63) is 76.8 Å². The molecule has 0 spiro atoms. The molecule has 1 aliphatic heterocycles. The second kappa shape index (κ2) is 6.34. The molecule has 2 aromatic carbocycles. The van der Waals surface area contributed by atoms with E-state index in [0.29, 0.717) is 0 Å². The van der Waals surface area contributed by atoms with Crippen LogP contribution in [0.2, 0.25) is 5.02 Å². The molecule has 2 heterocycles. The summed E-state index contributed by atoms with van der Waals surface area (Å²) in [6.07, 6.45) is 4.15. The average molecular weight is 355 g/mol. The van der Waals surface area contributed by atoms with Crippen molar-refractivity contribution in [2.45, 2.75) is 11.2 Å². The minimum atomic E-state index is -0.0258. The first kappa shape index (κ1) is 15.3. The summed E-state index contributed by atoms with van der Waals surface area (Å²) in [6, 6.07) is 18.1. The van der Waals surface area contributed by atoms with Crippen LogP contribution in [0.1, 0.15) is 17.2 Å². The van der Waals surface area contributed by atoms with Gasteiger partial charge in [0.1, 0.15) is 6.04 Å². The molecule has 120 valence electrons. The molecule has 0 aliphatic carbocycles. The number of thioether (sulfide) groups is 1. The van der Waals surface area contributed by atoms with Crippen molar-refractivity contribution in [2.24, 2.45) is 0 Å². The van der Waals surface area contributed by atoms with E-state index < -0.39 is 0 Å². The summed E-state index contributed by atoms with van der Waals surface area (Å²) < 4.78 is 1.92. The summed E-state index contributed by atoms with van der Waals surface area (Å²) in [7, 11) is 0. The van der Waals surface area contributed by atoms with Crippen LogP contribution in [0.3, 0.4) is 0 Å². The average Bonchev–Trinajstić information content (AvgIpc) is 3.05. The standard InChI is InChI=1S/C18H15ClN4S/c1-24-18-21-17-20-15(12-5-3-2-4-6-12)11-16(23(17)22-18)13-7-9-14(19)10-8-13/h2-11,16H,1H3,(H,20,21,22). The van der Waals surface area contributed by atoms with Crippen molar-refractivity contribution in [2.75, 3.05) is 11.6 Å². The summed E-state index contributed by atoms with van der Waals surface area (Å²) in [5.74, 6) is 0.751. The van der Waals surface area contributed by atoms with Gasteiger partial charge < -0.3 is 5.32 Å². The first-order valence-corrected chi connectivity index (χ1v) is 9.15. The fraction of sp³-hybridized carbons (Fsp3) is 0.111. The zero-order valence-corrected chi connectivity index (χ0v) is 14.6. The van der Waals surface area contributed by atoms with Crippen molar-refractivity contribution in [3.63, 3.8) is 0 Å². The van der Waals surface area contributed by atoms with Crippen molar-refractivity contribution in [3.8, 4) is 0 Å². The van der Waals surface area contributed by atoms with Crippen LogP contribution in [0.4, 0.5) is 5.95 Å². The molecule has 3 aromatic rings. The number of benzene rings is 2. The highest BCUT2D eigenvalue weighted by atomic mass is 35.5. The topological polar surface area (TPSA) is 42.7 Å². The fourth-order valence-electron chi connectivity index (χ4n) is 2.74. The summed E-state index contributed by atoms with van der Waals surface area (Å²) in [4.78, 5) is 4.58. The van der Waals surface area contributed by atoms with E-state index >= 15 is 0 Å². The molecule has 1 aromatic heterocycles. The zero-order valence-electron chi connectivity index (χ0n) is 13.0. The zero-order chi connectivity index (χ0) is 16.5. The maximum Gasteiger partial charge on any atom is 0.227 e. The van der Waals surface area contributed by atoms with Crippen LogP contribution in [-0.4, -0.2) is 21.0 Å². The van der Waals surface area contributed by atoms with E-state index in [1.165, 1.54) is 11.8 Å². The number of fused-ring (bicyclic) bond motifs is 1. The second-order valence-corrected chi connectivity index (χ2v) is 6.64. The van der Waals surface area contributed by atoms with Gasteiger partial charge in [0.15, 0.2) is 0 Å². The molecule has 24 heavy (non-hydrogen) atoms. The largest absolute Gasteiger partial charge is 0.324 e. The molecule has 1 atom stereocenters. The maximum atomic E-state index is 6.04. The van der Waals surface area contributed by atoms with E-state index in [1.54, 1.807) is 0 Å². The van der Waals surface area contributed by atoms with E-state index in [-0.39, 0.29) is 6.04 Å². The minimum absolute atomic E-state index is 0.0258. The normalized spacial score (nSPS) is 16.2. The number of rotatable bonds is 3. The lowest BCUT2D eigenvalue weighted by molar-refractivity contribution is 0.598. The van der Waals surface area contributed by atoms with Gasteiger partial charge >= 0.3 is 0 Å². The van der Waals surface area contributed by atoms with Crippen molar-refractivity contribution in [1.29, 1.82) is 0 Å². The molecular weight excluding hydrogens is 340 g/mol. The van der Waals surface area contributed by atoms with Crippen LogP contribution in [0.15, 0.2) is 65.8 Å². The van der Waals surface area contributed by atoms with E-state index in [2.05, 4.69) is 33.6 Å². The molecule has 0 saturated heterocycles. The number of nitrogens with one attached hydrogen (secondary N) is 1. The molecule has 4 nitrogen and oxygen atoms in total. The Kier molecular flexibility index (Phi) is 4.04. The molecule has 0 amide bonds. The van der Waals surface area contributed by atoms with E-state index in [0.717, 1.165) is 33.0 Å². The van der Waals surface area contributed by atoms with Gasteiger partial charge in [-0.25, -0.2) is 4.68 Å². The van der Waals surface area contributed by atoms with Crippen LogP contribution in [0.5, 0.6) is 0 Å².